The van der Waals surface area contributed by atoms with Crippen LogP contribution in [0.3, 0.4) is 0 Å². The van der Waals surface area contributed by atoms with Crippen molar-refractivity contribution < 1.29 is 13.9 Å². The lowest BCUT2D eigenvalue weighted by Gasteiger charge is -2.09. The predicted octanol–water partition coefficient (Wildman–Crippen LogP) is 2.60. The standard InChI is InChI=1S/C12H11FN2O2/c1-16-8-4-5-10(14)11(7-8)17-12-9(13)3-2-6-15-12/h2-7H,14H2,1H3. The maximum atomic E-state index is 13.3. The van der Waals surface area contributed by atoms with Gasteiger partial charge in [0.05, 0.1) is 12.8 Å². The van der Waals surface area contributed by atoms with Crippen molar-refractivity contribution in [2.75, 3.05) is 12.8 Å². The van der Waals surface area contributed by atoms with Crippen LogP contribution in [0.25, 0.3) is 0 Å². The van der Waals surface area contributed by atoms with Crippen molar-refractivity contribution in [2.24, 2.45) is 0 Å². The number of hydrogen-bond donors (Lipinski definition) is 1. The average molecular weight is 234 g/mol. The van der Waals surface area contributed by atoms with Crippen LogP contribution in [-0.4, -0.2) is 12.1 Å². The third-order valence-corrected chi connectivity index (χ3v) is 2.15. The van der Waals surface area contributed by atoms with E-state index in [0.717, 1.165) is 0 Å². The molecular formula is C12H11FN2O2. The highest BCUT2D eigenvalue weighted by atomic mass is 19.1. The molecule has 1 aromatic carbocycles. The highest BCUT2D eigenvalue weighted by Gasteiger charge is 2.08. The number of pyridine rings is 1. The largest absolute Gasteiger partial charge is 0.497 e. The van der Waals surface area contributed by atoms with E-state index in [1.54, 1.807) is 18.2 Å². The molecule has 2 aromatic rings. The summed E-state index contributed by atoms with van der Waals surface area (Å²) in [6, 6.07) is 7.63. The van der Waals surface area contributed by atoms with Crippen molar-refractivity contribution >= 4 is 5.69 Å². The van der Waals surface area contributed by atoms with E-state index in [1.807, 2.05) is 0 Å². The van der Waals surface area contributed by atoms with Crippen LogP contribution in [-0.2, 0) is 0 Å². The molecule has 0 radical (unpaired) electrons. The molecule has 0 bridgehead atoms. The van der Waals surface area contributed by atoms with Crippen LogP contribution in [0.5, 0.6) is 17.4 Å². The number of aromatic nitrogens is 1. The first-order valence-electron chi connectivity index (χ1n) is 4.92. The van der Waals surface area contributed by atoms with Crippen LogP contribution in [0.2, 0.25) is 0 Å². The average Bonchev–Trinajstić information content (AvgIpc) is 2.35. The molecule has 88 valence electrons. The molecule has 4 nitrogen and oxygen atoms in total. The number of rotatable bonds is 3. The molecule has 0 aliphatic rings. The molecule has 1 heterocycles. The number of ether oxygens (including phenoxy) is 2. The van der Waals surface area contributed by atoms with E-state index >= 15 is 0 Å². The molecule has 17 heavy (non-hydrogen) atoms. The van der Waals surface area contributed by atoms with Gasteiger partial charge in [-0.05, 0) is 24.3 Å². The fraction of sp³-hybridized carbons (Fsp3) is 0.0833. The second-order valence-corrected chi connectivity index (χ2v) is 3.30. The fourth-order valence-corrected chi connectivity index (χ4v) is 1.28. The van der Waals surface area contributed by atoms with Crippen molar-refractivity contribution in [2.45, 2.75) is 0 Å². The van der Waals surface area contributed by atoms with E-state index in [0.29, 0.717) is 17.2 Å². The molecule has 0 saturated carbocycles. The highest BCUT2D eigenvalue weighted by molar-refractivity contribution is 5.56. The molecule has 0 amide bonds. The van der Waals surface area contributed by atoms with Crippen LogP contribution in [0.15, 0.2) is 36.5 Å². The molecule has 1 aromatic heterocycles. The number of nitrogen functional groups attached to an aromatic ring is 1. The van der Waals surface area contributed by atoms with Crippen LogP contribution >= 0.6 is 0 Å². The Labute approximate surface area is 97.8 Å². The van der Waals surface area contributed by atoms with Crippen LogP contribution in [0.4, 0.5) is 10.1 Å². The maximum absolute atomic E-state index is 13.3. The number of methoxy groups -OCH3 is 1. The lowest BCUT2D eigenvalue weighted by Crippen LogP contribution is -1.96. The van der Waals surface area contributed by atoms with E-state index < -0.39 is 5.82 Å². The smallest absolute Gasteiger partial charge is 0.255 e. The number of hydrogen-bond acceptors (Lipinski definition) is 4. The minimum absolute atomic E-state index is 0.118. The number of benzene rings is 1. The monoisotopic (exact) mass is 234 g/mol. The minimum atomic E-state index is -0.547. The van der Waals surface area contributed by atoms with Crippen LogP contribution in [0, 0.1) is 5.82 Å². The van der Waals surface area contributed by atoms with E-state index in [2.05, 4.69) is 4.98 Å². The van der Waals surface area contributed by atoms with Gasteiger partial charge in [0, 0.05) is 12.3 Å². The molecule has 2 rings (SSSR count). The second-order valence-electron chi connectivity index (χ2n) is 3.30. The summed E-state index contributed by atoms with van der Waals surface area (Å²) < 4.78 is 23.6. The first-order chi connectivity index (χ1) is 8.20. The van der Waals surface area contributed by atoms with Crippen molar-refractivity contribution in [1.82, 2.24) is 4.98 Å². The van der Waals surface area contributed by atoms with Gasteiger partial charge in [0.15, 0.2) is 11.6 Å². The summed E-state index contributed by atoms with van der Waals surface area (Å²) in [5, 5.41) is 0. The summed E-state index contributed by atoms with van der Waals surface area (Å²) in [6.07, 6.45) is 1.44. The first-order valence-corrected chi connectivity index (χ1v) is 4.92. The quantitative estimate of drug-likeness (QED) is 0.829. The Morgan fingerprint density at radius 2 is 2.12 bits per heavy atom. The van der Waals surface area contributed by atoms with Crippen molar-refractivity contribution in [3.63, 3.8) is 0 Å². The summed E-state index contributed by atoms with van der Waals surface area (Å²) in [5.74, 6) is 0.217. The molecule has 0 aliphatic carbocycles. The number of nitrogens with zero attached hydrogens (tertiary/aromatic N) is 1. The van der Waals surface area contributed by atoms with Crippen LogP contribution in [0.1, 0.15) is 0 Å². The van der Waals surface area contributed by atoms with Crippen molar-refractivity contribution in [1.29, 1.82) is 0 Å². The predicted molar refractivity (Wildman–Crippen MR) is 61.7 cm³/mol. The van der Waals surface area contributed by atoms with Gasteiger partial charge >= 0.3 is 0 Å². The molecule has 0 atom stereocenters. The third kappa shape index (κ3) is 2.44. The van der Waals surface area contributed by atoms with E-state index in [-0.39, 0.29) is 5.88 Å². The summed E-state index contributed by atoms with van der Waals surface area (Å²) in [6.45, 7) is 0. The Morgan fingerprint density at radius 1 is 1.29 bits per heavy atom. The van der Waals surface area contributed by atoms with Crippen LogP contribution < -0.4 is 15.2 Å². The lowest BCUT2D eigenvalue weighted by atomic mass is 10.3. The normalized spacial score (nSPS) is 10.0. The van der Waals surface area contributed by atoms with Gasteiger partial charge in [-0.3, -0.25) is 0 Å². The second kappa shape index (κ2) is 4.69. The zero-order valence-electron chi connectivity index (χ0n) is 9.18. The minimum Gasteiger partial charge on any atom is -0.497 e. The molecule has 0 spiro atoms. The van der Waals surface area contributed by atoms with E-state index in [1.165, 1.54) is 25.4 Å². The summed E-state index contributed by atoms with van der Waals surface area (Å²) in [5.41, 5.74) is 6.10. The molecular weight excluding hydrogens is 223 g/mol. The zero-order chi connectivity index (χ0) is 12.3. The highest BCUT2D eigenvalue weighted by Crippen LogP contribution is 2.31. The van der Waals surface area contributed by atoms with Gasteiger partial charge in [0.1, 0.15) is 5.75 Å². The fourth-order valence-electron chi connectivity index (χ4n) is 1.28. The molecule has 2 N–H and O–H groups in total. The van der Waals surface area contributed by atoms with Gasteiger partial charge in [0.25, 0.3) is 5.88 Å². The summed E-state index contributed by atoms with van der Waals surface area (Å²) in [4.78, 5) is 3.78. The Balaban J connectivity index is 2.32. The Hall–Kier alpha value is -2.30. The first kappa shape index (κ1) is 11.2. The maximum Gasteiger partial charge on any atom is 0.255 e. The Bertz CT molecular complexity index is 532. The zero-order valence-corrected chi connectivity index (χ0v) is 9.18. The third-order valence-electron chi connectivity index (χ3n) is 2.15. The number of halogens is 1. The summed E-state index contributed by atoms with van der Waals surface area (Å²) >= 11 is 0. The van der Waals surface area contributed by atoms with Gasteiger partial charge in [0.2, 0.25) is 0 Å². The van der Waals surface area contributed by atoms with E-state index in [9.17, 15) is 4.39 Å². The topological polar surface area (TPSA) is 57.4 Å². The Kier molecular flexibility index (Phi) is 3.09. The van der Waals surface area contributed by atoms with Gasteiger partial charge in [-0.2, -0.15) is 0 Å². The molecule has 0 unspecified atom stereocenters. The van der Waals surface area contributed by atoms with Gasteiger partial charge in [-0.15, -0.1) is 0 Å². The van der Waals surface area contributed by atoms with E-state index in [4.69, 9.17) is 15.2 Å². The van der Waals surface area contributed by atoms with Gasteiger partial charge < -0.3 is 15.2 Å². The SMILES string of the molecule is COc1ccc(N)c(Oc2ncccc2F)c1. The molecule has 0 saturated heterocycles. The molecule has 5 heteroatoms. The van der Waals surface area contributed by atoms with Gasteiger partial charge in [-0.1, -0.05) is 0 Å². The molecule has 0 fully saturated rings. The van der Waals surface area contributed by atoms with Crippen molar-refractivity contribution in [3.8, 4) is 17.4 Å². The van der Waals surface area contributed by atoms with Gasteiger partial charge in [-0.25, -0.2) is 9.37 Å². The number of nitrogens with two attached hydrogens (primary N) is 1. The summed E-state index contributed by atoms with van der Waals surface area (Å²) in [7, 11) is 1.52. The lowest BCUT2D eigenvalue weighted by molar-refractivity contribution is 0.401. The Morgan fingerprint density at radius 3 is 2.82 bits per heavy atom. The molecule has 0 aliphatic heterocycles. The van der Waals surface area contributed by atoms with Crippen molar-refractivity contribution in [3.05, 3.63) is 42.3 Å². The number of anilines is 1.